The Kier molecular flexibility index (Phi) is 8.41. The summed E-state index contributed by atoms with van der Waals surface area (Å²) < 4.78 is 27.1. The molecule has 0 saturated carbocycles. The van der Waals surface area contributed by atoms with Crippen LogP contribution in [0, 0.1) is 11.3 Å². The molecule has 3 rings (SSSR count). The van der Waals surface area contributed by atoms with Gasteiger partial charge in [0.1, 0.15) is 23.3 Å². The maximum Gasteiger partial charge on any atom is 0.246 e. The van der Waals surface area contributed by atoms with Gasteiger partial charge >= 0.3 is 0 Å². The molecule has 178 valence electrons. The van der Waals surface area contributed by atoms with Crippen LogP contribution in [0.25, 0.3) is 11.6 Å². The third kappa shape index (κ3) is 5.62. The predicted octanol–water partition coefficient (Wildman–Crippen LogP) is 3.95. The molecule has 0 atom stereocenters. The molecule has 1 amide bonds. The standard InChI is InChI=1S/C26H28N2O6/c1-30-20-16-23(32-3)26(24(17-20)33-4)19-9-12-28(13-10-19)25(29)8-6-18-5-7-21(34-14-11-27)22(15-18)31-2/h5-9,15-17H,10,12-14H2,1-4H3/b8-6+. The van der Waals surface area contributed by atoms with E-state index in [2.05, 4.69) is 0 Å². The fourth-order valence-electron chi connectivity index (χ4n) is 3.71. The van der Waals surface area contributed by atoms with Gasteiger partial charge in [0.05, 0.1) is 34.0 Å². The third-order valence-corrected chi connectivity index (χ3v) is 5.46. The van der Waals surface area contributed by atoms with Gasteiger partial charge in [-0.3, -0.25) is 4.79 Å². The summed E-state index contributed by atoms with van der Waals surface area (Å²) in [5, 5.41) is 8.68. The highest BCUT2D eigenvalue weighted by atomic mass is 16.5. The fraction of sp³-hybridized carbons (Fsp3) is 0.308. The first-order valence-corrected chi connectivity index (χ1v) is 10.7. The number of methoxy groups -OCH3 is 4. The number of hydrogen-bond acceptors (Lipinski definition) is 7. The van der Waals surface area contributed by atoms with Gasteiger partial charge in [-0.15, -0.1) is 0 Å². The van der Waals surface area contributed by atoms with Crippen LogP contribution in [0.4, 0.5) is 0 Å². The molecule has 0 unspecified atom stereocenters. The number of carbonyl (C=O) groups is 1. The molecular weight excluding hydrogens is 436 g/mol. The smallest absolute Gasteiger partial charge is 0.246 e. The van der Waals surface area contributed by atoms with Crippen LogP contribution < -0.4 is 23.7 Å². The number of ether oxygens (including phenoxy) is 5. The second-order valence-electron chi connectivity index (χ2n) is 7.36. The van der Waals surface area contributed by atoms with E-state index in [-0.39, 0.29) is 12.5 Å². The number of nitrogens with zero attached hydrogens (tertiary/aromatic N) is 2. The van der Waals surface area contributed by atoms with E-state index in [9.17, 15) is 4.79 Å². The molecule has 34 heavy (non-hydrogen) atoms. The molecule has 8 heteroatoms. The van der Waals surface area contributed by atoms with E-state index >= 15 is 0 Å². The van der Waals surface area contributed by atoms with Crippen LogP contribution in [-0.2, 0) is 4.79 Å². The zero-order chi connectivity index (χ0) is 24.5. The molecule has 1 aliphatic heterocycles. The van der Waals surface area contributed by atoms with Gasteiger partial charge in [0.15, 0.2) is 18.1 Å². The van der Waals surface area contributed by atoms with Crippen LogP contribution in [0.1, 0.15) is 17.5 Å². The summed E-state index contributed by atoms with van der Waals surface area (Å²) in [6.45, 7) is 0.974. The lowest BCUT2D eigenvalue weighted by Crippen LogP contribution is -2.33. The Morgan fingerprint density at radius 3 is 2.26 bits per heavy atom. The van der Waals surface area contributed by atoms with Crippen molar-refractivity contribution in [1.82, 2.24) is 4.90 Å². The van der Waals surface area contributed by atoms with Crippen molar-refractivity contribution in [3.05, 3.63) is 53.6 Å². The lowest BCUT2D eigenvalue weighted by molar-refractivity contribution is -0.125. The van der Waals surface area contributed by atoms with E-state index < -0.39 is 0 Å². The van der Waals surface area contributed by atoms with Crippen LogP contribution in [0.2, 0.25) is 0 Å². The van der Waals surface area contributed by atoms with E-state index in [0.29, 0.717) is 48.3 Å². The highest BCUT2D eigenvalue weighted by Crippen LogP contribution is 2.40. The van der Waals surface area contributed by atoms with Gasteiger partial charge in [0.25, 0.3) is 0 Å². The van der Waals surface area contributed by atoms with Crippen LogP contribution in [0.15, 0.2) is 42.5 Å². The molecule has 2 aromatic carbocycles. The van der Waals surface area contributed by atoms with Crippen molar-refractivity contribution in [1.29, 1.82) is 5.26 Å². The third-order valence-electron chi connectivity index (χ3n) is 5.46. The first-order chi connectivity index (χ1) is 16.5. The second-order valence-corrected chi connectivity index (χ2v) is 7.36. The summed E-state index contributed by atoms with van der Waals surface area (Å²) >= 11 is 0. The summed E-state index contributed by atoms with van der Waals surface area (Å²) in [4.78, 5) is 14.5. The Morgan fingerprint density at radius 1 is 1.00 bits per heavy atom. The number of nitriles is 1. The van der Waals surface area contributed by atoms with Crippen LogP contribution in [-0.4, -0.2) is 58.9 Å². The lowest BCUT2D eigenvalue weighted by atomic mass is 9.97. The monoisotopic (exact) mass is 464 g/mol. The molecule has 1 heterocycles. The van der Waals surface area contributed by atoms with Gasteiger partial charge < -0.3 is 28.6 Å². The fourth-order valence-corrected chi connectivity index (χ4v) is 3.71. The lowest BCUT2D eigenvalue weighted by Gasteiger charge is -2.27. The summed E-state index contributed by atoms with van der Waals surface area (Å²) in [6, 6.07) is 10.8. The molecule has 8 nitrogen and oxygen atoms in total. The van der Waals surface area contributed by atoms with Crippen LogP contribution in [0.5, 0.6) is 28.7 Å². The Bertz CT molecular complexity index is 1110. The van der Waals surface area contributed by atoms with Crippen molar-refractivity contribution in [2.45, 2.75) is 6.42 Å². The summed E-state index contributed by atoms with van der Waals surface area (Å²) in [7, 11) is 6.34. The van der Waals surface area contributed by atoms with Crippen molar-refractivity contribution in [3.8, 4) is 34.8 Å². The van der Waals surface area contributed by atoms with Gasteiger partial charge in [-0.25, -0.2) is 0 Å². The average Bonchev–Trinajstić information content (AvgIpc) is 2.89. The van der Waals surface area contributed by atoms with E-state index in [1.165, 1.54) is 13.2 Å². The van der Waals surface area contributed by atoms with E-state index in [0.717, 1.165) is 16.7 Å². The molecule has 0 bridgehead atoms. The molecule has 0 fully saturated rings. The van der Waals surface area contributed by atoms with Crippen LogP contribution in [0.3, 0.4) is 0 Å². The quantitative estimate of drug-likeness (QED) is 0.519. The highest BCUT2D eigenvalue weighted by Gasteiger charge is 2.22. The van der Waals surface area contributed by atoms with Crippen molar-refractivity contribution in [2.75, 3.05) is 48.1 Å². The largest absolute Gasteiger partial charge is 0.496 e. The molecule has 0 aliphatic carbocycles. The number of rotatable bonds is 9. The number of benzene rings is 2. The van der Waals surface area contributed by atoms with Gasteiger partial charge in [0.2, 0.25) is 5.91 Å². The molecule has 0 N–H and O–H groups in total. The van der Waals surface area contributed by atoms with Crippen molar-refractivity contribution in [3.63, 3.8) is 0 Å². The minimum absolute atomic E-state index is 0.0667. The maximum atomic E-state index is 12.8. The SMILES string of the molecule is COc1cc(OC)c(C2=CCN(C(=O)/C=C/c3ccc(OCC#N)c(OC)c3)CC2)c(OC)c1. The minimum Gasteiger partial charge on any atom is -0.496 e. The van der Waals surface area contributed by atoms with Crippen LogP contribution >= 0.6 is 0 Å². The summed E-state index contributed by atoms with van der Waals surface area (Å²) in [6.07, 6.45) is 5.95. The van der Waals surface area contributed by atoms with E-state index in [1.807, 2.05) is 24.3 Å². The summed E-state index contributed by atoms with van der Waals surface area (Å²) in [5.41, 5.74) is 2.72. The molecule has 0 spiro atoms. The Morgan fingerprint density at radius 2 is 1.71 bits per heavy atom. The maximum absolute atomic E-state index is 12.8. The van der Waals surface area contributed by atoms with E-state index in [1.54, 1.807) is 50.5 Å². The molecule has 0 radical (unpaired) electrons. The Labute approximate surface area is 199 Å². The number of hydrogen-bond donors (Lipinski definition) is 0. The number of amides is 1. The molecular formula is C26H28N2O6. The average molecular weight is 465 g/mol. The predicted molar refractivity (Wildman–Crippen MR) is 128 cm³/mol. The zero-order valence-electron chi connectivity index (χ0n) is 19.8. The van der Waals surface area contributed by atoms with Crippen molar-refractivity contribution < 1.29 is 28.5 Å². The van der Waals surface area contributed by atoms with Gasteiger partial charge in [0, 0.05) is 31.3 Å². The first-order valence-electron chi connectivity index (χ1n) is 10.7. The molecule has 2 aromatic rings. The number of carbonyl (C=O) groups excluding carboxylic acids is 1. The second kappa shape index (κ2) is 11.7. The molecule has 1 aliphatic rings. The Hall–Kier alpha value is -4.12. The van der Waals surface area contributed by atoms with Crippen molar-refractivity contribution >= 4 is 17.6 Å². The topological polar surface area (TPSA) is 90.2 Å². The van der Waals surface area contributed by atoms with Gasteiger partial charge in [-0.1, -0.05) is 12.1 Å². The molecule has 0 saturated heterocycles. The van der Waals surface area contributed by atoms with E-state index in [4.69, 9.17) is 28.9 Å². The van der Waals surface area contributed by atoms with Gasteiger partial charge in [-0.05, 0) is 35.8 Å². The normalized spacial score (nSPS) is 13.1. The first kappa shape index (κ1) is 24.5. The Balaban J connectivity index is 1.72. The van der Waals surface area contributed by atoms with Gasteiger partial charge in [-0.2, -0.15) is 5.26 Å². The summed E-state index contributed by atoms with van der Waals surface area (Å²) in [5.74, 6) is 2.87. The molecule has 0 aromatic heterocycles. The minimum atomic E-state index is -0.0901. The zero-order valence-corrected chi connectivity index (χ0v) is 19.8. The van der Waals surface area contributed by atoms with Crippen molar-refractivity contribution in [2.24, 2.45) is 0 Å². The highest BCUT2D eigenvalue weighted by molar-refractivity contribution is 5.92.